The molecule has 0 saturated heterocycles. The Kier molecular flexibility index (Phi) is 7.98. The second-order valence-electron chi connectivity index (χ2n) is 5.91. The van der Waals surface area contributed by atoms with Crippen molar-refractivity contribution in [3.63, 3.8) is 0 Å². The monoisotopic (exact) mass is 417 g/mol. The van der Waals surface area contributed by atoms with Gasteiger partial charge < -0.3 is 15.5 Å². The van der Waals surface area contributed by atoms with Gasteiger partial charge in [-0.25, -0.2) is 0 Å². The third-order valence-electron chi connectivity index (χ3n) is 3.73. The van der Waals surface area contributed by atoms with E-state index >= 15 is 0 Å². The lowest BCUT2D eigenvalue weighted by molar-refractivity contribution is -0.383. The zero-order valence-electron chi connectivity index (χ0n) is 15.3. The summed E-state index contributed by atoms with van der Waals surface area (Å²) in [5, 5.41) is 17.5. The molecule has 0 radical (unpaired) electrons. The summed E-state index contributed by atoms with van der Waals surface area (Å²) in [5.41, 5.74) is 8.17. The Morgan fingerprint density at radius 2 is 1.97 bits per heavy atom. The first-order valence-electron chi connectivity index (χ1n) is 8.57. The average molecular weight is 417 g/mol. The highest BCUT2D eigenvalue weighted by molar-refractivity contribution is 7.80. The SMILES string of the molecule is NC(=S)N/N=C(\CCCC(=O)Nc1ccccc1[N+](=O)[O-])CC(=O)c1ccco1. The summed E-state index contributed by atoms with van der Waals surface area (Å²) < 4.78 is 5.07. The number of nitrogens with one attached hydrogen (secondary N) is 2. The second kappa shape index (κ2) is 10.7. The standard InChI is InChI=1S/C18H19N5O5S/c19-18(29)22-21-12(11-15(24)16-8-4-10-28-16)5-3-9-17(25)20-13-6-1-2-7-14(13)23(26)27/h1-2,4,6-8,10H,3,5,9,11H2,(H,20,25)(H3,19,22,29)/b21-12+. The molecule has 1 heterocycles. The molecule has 152 valence electrons. The summed E-state index contributed by atoms with van der Waals surface area (Å²) in [6.45, 7) is 0. The lowest BCUT2D eigenvalue weighted by Gasteiger charge is -2.08. The van der Waals surface area contributed by atoms with Gasteiger partial charge >= 0.3 is 0 Å². The van der Waals surface area contributed by atoms with Crippen LogP contribution in [0.1, 0.15) is 36.2 Å². The third kappa shape index (κ3) is 7.14. The average Bonchev–Trinajstić information content (AvgIpc) is 3.21. The Hall–Kier alpha value is -3.60. The number of amides is 1. The highest BCUT2D eigenvalue weighted by Crippen LogP contribution is 2.23. The Morgan fingerprint density at radius 1 is 1.21 bits per heavy atom. The minimum atomic E-state index is -0.567. The highest BCUT2D eigenvalue weighted by Gasteiger charge is 2.16. The predicted octanol–water partition coefficient (Wildman–Crippen LogP) is 2.76. The molecule has 11 heteroatoms. The minimum absolute atomic E-state index is 0.0328. The summed E-state index contributed by atoms with van der Waals surface area (Å²) in [5.74, 6) is -0.469. The number of nitrogens with two attached hydrogens (primary N) is 1. The Balaban J connectivity index is 1.92. The Morgan fingerprint density at radius 3 is 2.62 bits per heavy atom. The summed E-state index contributed by atoms with van der Waals surface area (Å²) in [6, 6.07) is 9.01. The van der Waals surface area contributed by atoms with E-state index in [1.54, 1.807) is 18.2 Å². The number of nitro groups is 1. The predicted molar refractivity (Wildman–Crippen MR) is 111 cm³/mol. The van der Waals surface area contributed by atoms with Crippen LogP contribution in [-0.2, 0) is 4.79 Å². The molecule has 29 heavy (non-hydrogen) atoms. The van der Waals surface area contributed by atoms with Crippen molar-refractivity contribution < 1.29 is 18.9 Å². The number of hydrogen-bond donors (Lipinski definition) is 3. The molecule has 2 rings (SSSR count). The Labute approximate surface area is 171 Å². The molecule has 10 nitrogen and oxygen atoms in total. The van der Waals surface area contributed by atoms with E-state index in [0.717, 1.165) is 0 Å². The fraction of sp³-hybridized carbons (Fsp3) is 0.222. The van der Waals surface area contributed by atoms with E-state index in [1.165, 1.54) is 24.5 Å². The number of rotatable bonds is 10. The van der Waals surface area contributed by atoms with E-state index in [0.29, 0.717) is 18.6 Å². The number of hydrazone groups is 1. The van der Waals surface area contributed by atoms with Crippen molar-refractivity contribution >= 4 is 46.1 Å². The zero-order chi connectivity index (χ0) is 21.2. The molecule has 0 atom stereocenters. The normalized spacial score (nSPS) is 11.0. The van der Waals surface area contributed by atoms with E-state index in [1.807, 2.05) is 0 Å². The molecule has 0 saturated carbocycles. The van der Waals surface area contributed by atoms with Crippen LogP contribution in [0.2, 0.25) is 0 Å². The number of ketones is 1. The van der Waals surface area contributed by atoms with Crippen LogP contribution in [-0.4, -0.2) is 27.4 Å². The summed E-state index contributed by atoms with van der Waals surface area (Å²) >= 11 is 4.70. The van der Waals surface area contributed by atoms with E-state index < -0.39 is 10.8 Å². The van der Waals surface area contributed by atoms with Crippen molar-refractivity contribution in [3.05, 3.63) is 58.5 Å². The first kappa shape index (κ1) is 21.7. The lowest BCUT2D eigenvalue weighted by atomic mass is 10.1. The maximum Gasteiger partial charge on any atom is 0.292 e. The van der Waals surface area contributed by atoms with Gasteiger partial charge in [0.05, 0.1) is 17.6 Å². The van der Waals surface area contributed by atoms with Crippen molar-refractivity contribution in [3.8, 4) is 0 Å². The number of furan rings is 1. The number of hydrogen-bond acceptors (Lipinski definition) is 7. The fourth-order valence-electron chi connectivity index (χ4n) is 2.43. The number of nitro benzene ring substituents is 1. The third-order valence-corrected chi connectivity index (χ3v) is 3.82. The maximum atomic E-state index is 12.2. The molecular weight excluding hydrogens is 398 g/mol. The number of carbonyl (C=O) groups excluding carboxylic acids is 2. The van der Waals surface area contributed by atoms with Crippen LogP contribution in [0, 0.1) is 10.1 Å². The van der Waals surface area contributed by atoms with Gasteiger partial charge in [0, 0.05) is 18.2 Å². The molecule has 0 aliphatic rings. The zero-order valence-corrected chi connectivity index (χ0v) is 16.1. The molecule has 0 spiro atoms. The van der Waals surface area contributed by atoms with Crippen LogP contribution < -0.4 is 16.5 Å². The summed E-state index contributed by atoms with van der Waals surface area (Å²) in [7, 11) is 0. The summed E-state index contributed by atoms with van der Waals surface area (Å²) in [4.78, 5) is 34.8. The van der Waals surface area contributed by atoms with E-state index in [2.05, 4.69) is 15.8 Å². The van der Waals surface area contributed by atoms with Crippen molar-refractivity contribution in [2.45, 2.75) is 25.7 Å². The fourth-order valence-corrected chi connectivity index (χ4v) is 2.48. The van der Waals surface area contributed by atoms with Crippen LogP contribution in [0.5, 0.6) is 0 Å². The van der Waals surface area contributed by atoms with Crippen molar-refractivity contribution in [1.82, 2.24) is 5.43 Å². The smallest absolute Gasteiger partial charge is 0.292 e. The van der Waals surface area contributed by atoms with Gasteiger partial charge in [-0.15, -0.1) is 0 Å². The van der Waals surface area contributed by atoms with Crippen LogP contribution in [0.25, 0.3) is 0 Å². The number of benzene rings is 1. The molecule has 1 amide bonds. The largest absolute Gasteiger partial charge is 0.461 e. The molecule has 0 bridgehead atoms. The first-order chi connectivity index (χ1) is 13.9. The van der Waals surface area contributed by atoms with Gasteiger partial charge in [-0.3, -0.25) is 25.1 Å². The molecule has 0 unspecified atom stereocenters. The second-order valence-corrected chi connectivity index (χ2v) is 6.35. The molecule has 1 aromatic carbocycles. The maximum absolute atomic E-state index is 12.2. The van der Waals surface area contributed by atoms with Gasteiger partial charge in [-0.2, -0.15) is 5.10 Å². The van der Waals surface area contributed by atoms with Crippen molar-refractivity contribution in [2.24, 2.45) is 10.8 Å². The van der Waals surface area contributed by atoms with Crippen LogP contribution in [0.4, 0.5) is 11.4 Å². The molecule has 0 aliphatic carbocycles. The van der Waals surface area contributed by atoms with Gasteiger partial charge in [-0.05, 0) is 43.3 Å². The van der Waals surface area contributed by atoms with Gasteiger partial charge in [0.15, 0.2) is 10.9 Å². The number of Topliss-reactive ketones (excluding diaryl/α,β-unsaturated/α-hetero) is 1. The molecule has 4 N–H and O–H groups in total. The lowest BCUT2D eigenvalue weighted by Crippen LogP contribution is -2.26. The van der Waals surface area contributed by atoms with Crippen molar-refractivity contribution in [1.29, 1.82) is 0 Å². The van der Waals surface area contributed by atoms with Crippen LogP contribution >= 0.6 is 12.2 Å². The van der Waals surface area contributed by atoms with Gasteiger partial charge in [-0.1, -0.05) is 12.1 Å². The van der Waals surface area contributed by atoms with Gasteiger partial charge in [0.2, 0.25) is 11.7 Å². The van der Waals surface area contributed by atoms with Gasteiger partial charge in [0.1, 0.15) is 5.69 Å². The molecular formula is C18H19N5O5S. The number of para-hydroxylation sites is 2. The molecule has 1 aromatic heterocycles. The van der Waals surface area contributed by atoms with Gasteiger partial charge in [0.25, 0.3) is 5.69 Å². The molecule has 2 aromatic rings. The van der Waals surface area contributed by atoms with Crippen molar-refractivity contribution in [2.75, 3.05) is 5.32 Å². The van der Waals surface area contributed by atoms with E-state index in [4.69, 9.17) is 22.4 Å². The van der Waals surface area contributed by atoms with Crippen LogP contribution in [0.3, 0.4) is 0 Å². The number of nitrogens with zero attached hydrogens (tertiary/aromatic N) is 2. The number of anilines is 1. The number of carbonyl (C=O) groups is 2. The van der Waals surface area contributed by atoms with E-state index in [9.17, 15) is 19.7 Å². The van der Waals surface area contributed by atoms with E-state index in [-0.39, 0.29) is 40.9 Å². The quantitative estimate of drug-likeness (QED) is 0.175. The first-order valence-corrected chi connectivity index (χ1v) is 8.98. The molecule has 0 fully saturated rings. The minimum Gasteiger partial charge on any atom is -0.461 e. The Bertz CT molecular complexity index is 926. The summed E-state index contributed by atoms with van der Waals surface area (Å²) in [6.07, 6.45) is 2.11. The number of thiocarbonyl (C=S) groups is 1. The topological polar surface area (TPSA) is 153 Å². The highest BCUT2D eigenvalue weighted by atomic mass is 32.1. The molecule has 0 aliphatic heterocycles. The van der Waals surface area contributed by atoms with Crippen LogP contribution in [0.15, 0.2) is 52.2 Å².